The molecule has 0 aliphatic heterocycles. The summed E-state index contributed by atoms with van der Waals surface area (Å²) in [4.78, 5) is 21.0. The molecule has 0 fully saturated rings. The lowest BCUT2D eigenvalue weighted by molar-refractivity contribution is 0.0904. The quantitative estimate of drug-likeness (QED) is 0.449. The minimum atomic E-state index is -0.514. The highest BCUT2D eigenvalue weighted by Crippen LogP contribution is 2.25. The lowest BCUT2D eigenvalue weighted by Gasteiger charge is -2.17. The monoisotopic (exact) mass is 457 g/mol. The van der Waals surface area contributed by atoms with Crippen LogP contribution in [0.2, 0.25) is 0 Å². The Morgan fingerprint density at radius 2 is 1.97 bits per heavy atom. The summed E-state index contributed by atoms with van der Waals surface area (Å²) in [5, 5.41) is 17.1. The standard InChI is InChI=1S/C18H16BrN7O3/c1-9(2)14(18-23-16(26-29-18)15-20-8-21-24-15)22-17(27)12-7-13(28-25-12)10-3-5-11(19)6-4-10/h3-9,14H,1-2H3,(H,22,27)(H,20,21,24)/t14-/m0/s1. The Morgan fingerprint density at radius 1 is 1.17 bits per heavy atom. The first-order valence-corrected chi connectivity index (χ1v) is 9.53. The highest BCUT2D eigenvalue weighted by Gasteiger charge is 2.27. The Morgan fingerprint density at radius 3 is 2.66 bits per heavy atom. The molecule has 3 heterocycles. The van der Waals surface area contributed by atoms with Crippen molar-refractivity contribution in [2.45, 2.75) is 19.9 Å². The van der Waals surface area contributed by atoms with E-state index in [1.165, 1.54) is 6.33 Å². The summed E-state index contributed by atoms with van der Waals surface area (Å²) in [5.74, 6) is 0.974. The molecule has 0 bridgehead atoms. The third-order valence-electron chi connectivity index (χ3n) is 4.16. The first-order chi connectivity index (χ1) is 14.0. The van der Waals surface area contributed by atoms with Crippen molar-refractivity contribution < 1.29 is 13.8 Å². The summed E-state index contributed by atoms with van der Waals surface area (Å²) in [7, 11) is 0. The van der Waals surface area contributed by atoms with Crippen LogP contribution in [0.4, 0.5) is 0 Å². The molecule has 0 radical (unpaired) electrons. The van der Waals surface area contributed by atoms with Crippen LogP contribution in [0, 0.1) is 5.92 Å². The number of aromatic amines is 1. The van der Waals surface area contributed by atoms with Crippen molar-refractivity contribution in [1.29, 1.82) is 0 Å². The zero-order valence-electron chi connectivity index (χ0n) is 15.5. The van der Waals surface area contributed by atoms with E-state index in [0.29, 0.717) is 11.6 Å². The van der Waals surface area contributed by atoms with Crippen LogP contribution in [0.1, 0.15) is 36.3 Å². The van der Waals surface area contributed by atoms with E-state index in [4.69, 9.17) is 9.05 Å². The molecule has 1 aromatic carbocycles. The third kappa shape index (κ3) is 4.09. The molecule has 1 amide bonds. The summed E-state index contributed by atoms with van der Waals surface area (Å²) < 4.78 is 11.6. The summed E-state index contributed by atoms with van der Waals surface area (Å²) in [6, 6.07) is 8.57. The van der Waals surface area contributed by atoms with E-state index < -0.39 is 11.9 Å². The van der Waals surface area contributed by atoms with Crippen LogP contribution >= 0.6 is 15.9 Å². The van der Waals surface area contributed by atoms with Gasteiger partial charge in [0.1, 0.15) is 12.4 Å². The van der Waals surface area contributed by atoms with Gasteiger partial charge in [0.15, 0.2) is 17.3 Å². The summed E-state index contributed by atoms with van der Waals surface area (Å²) in [6.45, 7) is 3.86. The zero-order chi connectivity index (χ0) is 20.4. The topological polar surface area (TPSA) is 136 Å². The fourth-order valence-electron chi connectivity index (χ4n) is 2.63. The van der Waals surface area contributed by atoms with Crippen LogP contribution in [0.5, 0.6) is 0 Å². The van der Waals surface area contributed by atoms with E-state index in [0.717, 1.165) is 10.0 Å². The molecular formula is C18H16BrN7O3. The minimum absolute atomic E-state index is 0.0141. The van der Waals surface area contributed by atoms with Crippen molar-refractivity contribution in [2.75, 3.05) is 0 Å². The van der Waals surface area contributed by atoms with Gasteiger partial charge in [-0.3, -0.25) is 9.89 Å². The fraction of sp³-hybridized carbons (Fsp3) is 0.222. The molecule has 148 valence electrons. The van der Waals surface area contributed by atoms with Gasteiger partial charge in [-0.2, -0.15) is 10.1 Å². The second-order valence-corrected chi connectivity index (χ2v) is 7.48. The molecule has 0 unspecified atom stereocenters. The van der Waals surface area contributed by atoms with Crippen molar-refractivity contribution in [1.82, 2.24) is 35.8 Å². The van der Waals surface area contributed by atoms with E-state index in [1.807, 2.05) is 38.1 Å². The molecule has 1 atom stereocenters. The molecule has 3 aromatic heterocycles. The van der Waals surface area contributed by atoms with Gasteiger partial charge in [-0.25, -0.2) is 4.98 Å². The van der Waals surface area contributed by atoms with Gasteiger partial charge in [0.05, 0.1) is 0 Å². The van der Waals surface area contributed by atoms with Crippen molar-refractivity contribution in [3.05, 3.63) is 52.7 Å². The number of amides is 1. The van der Waals surface area contributed by atoms with E-state index in [-0.39, 0.29) is 23.3 Å². The third-order valence-corrected chi connectivity index (χ3v) is 4.69. The molecule has 29 heavy (non-hydrogen) atoms. The van der Waals surface area contributed by atoms with Gasteiger partial charge in [0.2, 0.25) is 11.7 Å². The highest BCUT2D eigenvalue weighted by atomic mass is 79.9. The number of nitrogens with zero attached hydrogens (tertiary/aromatic N) is 5. The van der Waals surface area contributed by atoms with Crippen LogP contribution in [0.25, 0.3) is 23.0 Å². The maximum absolute atomic E-state index is 12.7. The molecule has 4 aromatic rings. The molecule has 2 N–H and O–H groups in total. The number of H-pyrrole nitrogens is 1. The molecule has 4 rings (SSSR count). The Balaban J connectivity index is 1.52. The van der Waals surface area contributed by atoms with Gasteiger partial charge in [-0.1, -0.05) is 52.2 Å². The molecule has 0 aliphatic rings. The average molecular weight is 458 g/mol. The fourth-order valence-corrected chi connectivity index (χ4v) is 2.90. The van der Waals surface area contributed by atoms with E-state index in [2.05, 4.69) is 51.7 Å². The average Bonchev–Trinajstić information content (AvgIpc) is 3.47. The summed E-state index contributed by atoms with van der Waals surface area (Å²) >= 11 is 3.38. The van der Waals surface area contributed by atoms with E-state index >= 15 is 0 Å². The predicted octanol–water partition coefficient (Wildman–Crippen LogP) is 3.40. The van der Waals surface area contributed by atoms with Crippen LogP contribution in [0.15, 0.2) is 50.2 Å². The Bertz CT molecular complexity index is 1100. The van der Waals surface area contributed by atoms with Gasteiger partial charge < -0.3 is 14.4 Å². The van der Waals surface area contributed by atoms with Crippen LogP contribution < -0.4 is 5.32 Å². The van der Waals surface area contributed by atoms with Crippen molar-refractivity contribution in [2.24, 2.45) is 5.92 Å². The van der Waals surface area contributed by atoms with E-state index in [9.17, 15) is 4.79 Å². The number of benzene rings is 1. The zero-order valence-corrected chi connectivity index (χ0v) is 17.0. The maximum atomic E-state index is 12.7. The molecule has 0 spiro atoms. The highest BCUT2D eigenvalue weighted by molar-refractivity contribution is 9.10. The number of hydrogen-bond donors (Lipinski definition) is 2. The maximum Gasteiger partial charge on any atom is 0.274 e. The molecule has 11 heteroatoms. The molecule has 10 nitrogen and oxygen atoms in total. The van der Waals surface area contributed by atoms with Crippen LogP contribution in [0.3, 0.4) is 0 Å². The Hall–Kier alpha value is -3.34. The Labute approximate surface area is 173 Å². The number of halogens is 1. The molecule has 0 saturated carbocycles. The van der Waals surface area contributed by atoms with Gasteiger partial charge in [0, 0.05) is 16.1 Å². The summed E-state index contributed by atoms with van der Waals surface area (Å²) in [6.07, 6.45) is 1.35. The van der Waals surface area contributed by atoms with E-state index in [1.54, 1.807) is 6.07 Å². The number of hydrogen-bond acceptors (Lipinski definition) is 8. The number of nitrogens with one attached hydrogen (secondary N) is 2. The lowest BCUT2D eigenvalue weighted by atomic mass is 10.0. The first kappa shape index (κ1) is 19.0. The number of carbonyl (C=O) groups is 1. The second kappa shape index (κ2) is 7.95. The van der Waals surface area contributed by atoms with Crippen molar-refractivity contribution in [3.63, 3.8) is 0 Å². The summed E-state index contributed by atoms with van der Waals surface area (Å²) in [5.41, 5.74) is 0.970. The molecular weight excluding hydrogens is 442 g/mol. The van der Waals surface area contributed by atoms with Crippen LogP contribution in [-0.4, -0.2) is 36.4 Å². The number of carbonyl (C=O) groups excluding carboxylic acids is 1. The van der Waals surface area contributed by atoms with Gasteiger partial charge >= 0.3 is 0 Å². The van der Waals surface area contributed by atoms with Crippen LogP contribution in [-0.2, 0) is 0 Å². The lowest BCUT2D eigenvalue weighted by Crippen LogP contribution is -2.32. The normalized spacial score (nSPS) is 12.3. The molecule has 0 aliphatic carbocycles. The number of rotatable bonds is 6. The molecule has 0 saturated heterocycles. The van der Waals surface area contributed by atoms with Gasteiger partial charge in [-0.15, -0.1) is 0 Å². The SMILES string of the molecule is CC(C)[C@H](NC(=O)c1cc(-c2ccc(Br)cc2)on1)c1nc(-c2ncn[nH]2)no1. The first-order valence-electron chi connectivity index (χ1n) is 8.74. The second-order valence-electron chi connectivity index (χ2n) is 6.57. The van der Waals surface area contributed by atoms with Gasteiger partial charge in [0.25, 0.3) is 5.91 Å². The Kier molecular flexibility index (Phi) is 5.21. The number of aromatic nitrogens is 6. The minimum Gasteiger partial charge on any atom is -0.355 e. The van der Waals surface area contributed by atoms with Crippen molar-refractivity contribution >= 4 is 21.8 Å². The smallest absolute Gasteiger partial charge is 0.274 e. The van der Waals surface area contributed by atoms with Gasteiger partial charge in [-0.05, 0) is 18.1 Å². The predicted molar refractivity (Wildman–Crippen MR) is 104 cm³/mol. The van der Waals surface area contributed by atoms with Crippen molar-refractivity contribution in [3.8, 4) is 23.0 Å². The largest absolute Gasteiger partial charge is 0.355 e.